The fourth-order valence-electron chi connectivity index (χ4n) is 1.17. The maximum atomic E-state index is 13.4. The zero-order valence-corrected chi connectivity index (χ0v) is 7.97. The Morgan fingerprint density at radius 3 is 2.50 bits per heavy atom. The first-order chi connectivity index (χ1) is 6.45. The van der Waals surface area contributed by atoms with Crippen molar-refractivity contribution in [2.45, 2.75) is 19.9 Å². The van der Waals surface area contributed by atoms with Crippen LogP contribution in [-0.2, 0) is 4.79 Å². The molecule has 0 aromatic heterocycles. The average molecular weight is 199 g/mol. The van der Waals surface area contributed by atoms with Crippen molar-refractivity contribution < 1.29 is 13.6 Å². The van der Waals surface area contributed by atoms with Crippen molar-refractivity contribution in [2.75, 3.05) is 0 Å². The van der Waals surface area contributed by atoms with E-state index in [9.17, 15) is 13.6 Å². The molecular formula is C10H11F2NO. The summed E-state index contributed by atoms with van der Waals surface area (Å²) >= 11 is 0. The van der Waals surface area contributed by atoms with E-state index in [1.807, 2.05) is 0 Å². The van der Waals surface area contributed by atoms with Crippen LogP contribution in [0.4, 0.5) is 8.78 Å². The van der Waals surface area contributed by atoms with Gasteiger partial charge in [0.1, 0.15) is 11.6 Å². The Balaban J connectivity index is 3.32. The maximum Gasteiger partial charge on any atom is 0.151 e. The van der Waals surface area contributed by atoms with E-state index in [0.29, 0.717) is 0 Å². The normalized spacial score (nSPS) is 12.6. The molecule has 0 heterocycles. The molecule has 0 amide bonds. The van der Waals surface area contributed by atoms with Gasteiger partial charge in [-0.3, -0.25) is 4.79 Å². The molecule has 0 saturated carbocycles. The second kappa shape index (κ2) is 3.84. The van der Waals surface area contributed by atoms with Gasteiger partial charge in [-0.15, -0.1) is 0 Å². The average Bonchev–Trinajstić information content (AvgIpc) is 2.12. The maximum absolute atomic E-state index is 13.4. The van der Waals surface area contributed by atoms with Gasteiger partial charge in [0, 0.05) is 5.56 Å². The number of halogens is 2. The largest absolute Gasteiger partial charge is 0.318 e. The summed E-state index contributed by atoms with van der Waals surface area (Å²) in [6, 6.07) is 1.19. The van der Waals surface area contributed by atoms with E-state index in [1.165, 1.54) is 19.9 Å². The molecule has 2 nitrogen and oxygen atoms in total. The molecule has 1 rings (SSSR count). The van der Waals surface area contributed by atoms with E-state index in [4.69, 9.17) is 5.73 Å². The van der Waals surface area contributed by atoms with Crippen molar-refractivity contribution in [1.82, 2.24) is 0 Å². The van der Waals surface area contributed by atoms with Crippen molar-refractivity contribution in [1.29, 1.82) is 0 Å². The summed E-state index contributed by atoms with van der Waals surface area (Å²) in [4.78, 5) is 10.9. The Bertz CT molecular complexity index is 377. The van der Waals surface area contributed by atoms with Gasteiger partial charge in [0.05, 0.1) is 6.04 Å². The predicted molar refractivity (Wildman–Crippen MR) is 48.7 cm³/mol. The Labute approximate surface area is 80.7 Å². The van der Waals surface area contributed by atoms with E-state index < -0.39 is 23.5 Å². The van der Waals surface area contributed by atoms with Crippen LogP contribution < -0.4 is 5.73 Å². The SMILES string of the molecule is CC(=O)C(N)c1c(F)ccc(C)c1F. The third-order valence-electron chi connectivity index (χ3n) is 2.07. The predicted octanol–water partition coefficient (Wildman–Crippen LogP) is 1.86. The molecule has 0 radical (unpaired) electrons. The number of rotatable bonds is 2. The van der Waals surface area contributed by atoms with Gasteiger partial charge in [-0.1, -0.05) is 6.07 Å². The standard InChI is InChI=1S/C10H11F2NO/c1-5-3-4-7(11)8(9(5)12)10(13)6(2)14/h3-4,10H,13H2,1-2H3. The van der Waals surface area contributed by atoms with Gasteiger partial charge in [-0.2, -0.15) is 0 Å². The van der Waals surface area contributed by atoms with E-state index in [2.05, 4.69) is 0 Å². The van der Waals surface area contributed by atoms with Gasteiger partial charge in [0.25, 0.3) is 0 Å². The molecule has 4 heteroatoms. The lowest BCUT2D eigenvalue weighted by molar-refractivity contribution is -0.118. The highest BCUT2D eigenvalue weighted by atomic mass is 19.1. The van der Waals surface area contributed by atoms with E-state index >= 15 is 0 Å². The highest BCUT2D eigenvalue weighted by molar-refractivity contribution is 5.82. The zero-order valence-electron chi connectivity index (χ0n) is 7.97. The summed E-state index contributed by atoms with van der Waals surface area (Å²) < 4.78 is 26.6. The van der Waals surface area contributed by atoms with Gasteiger partial charge in [0.2, 0.25) is 0 Å². The van der Waals surface area contributed by atoms with Crippen molar-refractivity contribution in [3.63, 3.8) is 0 Å². The summed E-state index contributed by atoms with van der Waals surface area (Å²) in [5.74, 6) is -1.99. The number of hydrogen-bond donors (Lipinski definition) is 1. The Hall–Kier alpha value is -1.29. The number of carbonyl (C=O) groups is 1. The van der Waals surface area contributed by atoms with Crippen LogP contribution in [0.5, 0.6) is 0 Å². The highest BCUT2D eigenvalue weighted by Crippen LogP contribution is 2.22. The highest BCUT2D eigenvalue weighted by Gasteiger charge is 2.21. The van der Waals surface area contributed by atoms with Crippen LogP contribution in [0, 0.1) is 18.6 Å². The van der Waals surface area contributed by atoms with E-state index in [0.717, 1.165) is 6.07 Å². The Kier molecular flexibility index (Phi) is 2.96. The number of benzene rings is 1. The lowest BCUT2D eigenvalue weighted by atomic mass is 10.0. The Morgan fingerprint density at radius 2 is 2.00 bits per heavy atom. The van der Waals surface area contributed by atoms with Crippen LogP contribution in [0.1, 0.15) is 24.1 Å². The number of carbonyl (C=O) groups excluding carboxylic acids is 1. The fraction of sp³-hybridized carbons (Fsp3) is 0.300. The number of ketones is 1. The minimum Gasteiger partial charge on any atom is -0.318 e. The molecule has 0 bridgehead atoms. The van der Waals surface area contributed by atoms with Crippen LogP contribution in [-0.4, -0.2) is 5.78 Å². The van der Waals surface area contributed by atoms with Gasteiger partial charge in [-0.05, 0) is 25.5 Å². The van der Waals surface area contributed by atoms with Crippen molar-refractivity contribution in [2.24, 2.45) is 5.73 Å². The first kappa shape index (κ1) is 10.8. The van der Waals surface area contributed by atoms with Crippen LogP contribution >= 0.6 is 0 Å². The first-order valence-electron chi connectivity index (χ1n) is 4.15. The number of hydrogen-bond acceptors (Lipinski definition) is 2. The summed E-state index contributed by atoms with van der Waals surface area (Å²) in [7, 11) is 0. The van der Waals surface area contributed by atoms with Gasteiger partial charge >= 0.3 is 0 Å². The molecule has 1 aromatic rings. The molecule has 1 aromatic carbocycles. The molecule has 0 spiro atoms. The third kappa shape index (κ3) is 1.80. The van der Waals surface area contributed by atoms with Gasteiger partial charge in [-0.25, -0.2) is 8.78 Å². The summed E-state index contributed by atoms with van der Waals surface area (Å²) in [6.07, 6.45) is 0. The summed E-state index contributed by atoms with van der Waals surface area (Å²) in [5, 5.41) is 0. The second-order valence-corrected chi connectivity index (χ2v) is 3.18. The molecule has 0 saturated heterocycles. The minimum absolute atomic E-state index is 0.276. The molecule has 76 valence electrons. The monoisotopic (exact) mass is 199 g/mol. The van der Waals surface area contributed by atoms with Gasteiger partial charge in [0.15, 0.2) is 5.78 Å². The smallest absolute Gasteiger partial charge is 0.151 e. The zero-order chi connectivity index (χ0) is 10.9. The molecule has 0 aliphatic carbocycles. The molecular weight excluding hydrogens is 188 g/mol. The van der Waals surface area contributed by atoms with Crippen LogP contribution in [0.2, 0.25) is 0 Å². The molecule has 1 atom stereocenters. The van der Waals surface area contributed by atoms with E-state index in [-0.39, 0.29) is 11.1 Å². The molecule has 0 fully saturated rings. The van der Waals surface area contributed by atoms with E-state index in [1.54, 1.807) is 0 Å². The summed E-state index contributed by atoms with van der Waals surface area (Å²) in [6.45, 7) is 2.69. The van der Waals surface area contributed by atoms with Crippen LogP contribution in [0.3, 0.4) is 0 Å². The molecule has 2 N–H and O–H groups in total. The number of Topliss-reactive ketones (excluding diaryl/α,β-unsaturated/α-hetero) is 1. The quantitative estimate of drug-likeness (QED) is 0.790. The first-order valence-corrected chi connectivity index (χ1v) is 4.15. The van der Waals surface area contributed by atoms with Crippen molar-refractivity contribution >= 4 is 5.78 Å². The number of nitrogens with two attached hydrogens (primary N) is 1. The van der Waals surface area contributed by atoms with Crippen molar-refractivity contribution in [3.05, 3.63) is 34.9 Å². The van der Waals surface area contributed by atoms with Crippen molar-refractivity contribution in [3.8, 4) is 0 Å². The Morgan fingerprint density at radius 1 is 1.43 bits per heavy atom. The summed E-state index contributed by atoms with van der Waals surface area (Å²) in [5.41, 5.74) is 5.31. The molecule has 14 heavy (non-hydrogen) atoms. The van der Waals surface area contributed by atoms with Gasteiger partial charge < -0.3 is 5.73 Å². The topological polar surface area (TPSA) is 43.1 Å². The second-order valence-electron chi connectivity index (χ2n) is 3.18. The lowest BCUT2D eigenvalue weighted by Crippen LogP contribution is -2.21. The minimum atomic E-state index is -1.23. The fourth-order valence-corrected chi connectivity index (χ4v) is 1.17. The molecule has 1 unspecified atom stereocenters. The number of aryl methyl sites for hydroxylation is 1. The third-order valence-corrected chi connectivity index (χ3v) is 2.07. The lowest BCUT2D eigenvalue weighted by Gasteiger charge is -2.11. The van der Waals surface area contributed by atoms with Crippen LogP contribution in [0.15, 0.2) is 12.1 Å². The molecule has 0 aliphatic rings. The van der Waals surface area contributed by atoms with Crippen LogP contribution in [0.25, 0.3) is 0 Å². The molecule has 0 aliphatic heterocycles.